The summed E-state index contributed by atoms with van der Waals surface area (Å²) in [4.78, 5) is 54.2. The summed E-state index contributed by atoms with van der Waals surface area (Å²) in [5.74, 6) is -3.74. The lowest BCUT2D eigenvalue weighted by Gasteiger charge is -2.33. The van der Waals surface area contributed by atoms with E-state index in [-0.39, 0.29) is 11.3 Å². The van der Waals surface area contributed by atoms with Crippen LogP contribution in [0.3, 0.4) is 0 Å². The molecule has 2 saturated heterocycles. The first-order valence-corrected chi connectivity index (χ1v) is 11.6. The number of anilines is 1. The van der Waals surface area contributed by atoms with Crippen molar-refractivity contribution in [1.29, 1.82) is 0 Å². The van der Waals surface area contributed by atoms with Gasteiger partial charge in [0.15, 0.2) is 11.6 Å². The van der Waals surface area contributed by atoms with Crippen LogP contribution >= 0.6 is 0 Å². The topological polar surface area (TPSA) is 87.1 Å². The molecule has 3 aliphatic rings. The van der Waals surface area contributed by atoms with Gasteiger partial charge in [0.05, 0.1) is 29.8 Å². The molecule has 3 aromatic carbocycles. The SMILES string of the molecule is CC(=O)c1ccc(N2C(=O)[C@@H]3[C@H](C2=O)[C@@H]2c4ccccc4C=NN2[C@H]3C(=O)c2ccc(F)cc2)cc1. The highest BCUT2D eigenvalue weighted by Crippen LogP contribution is 2.53. The number of halogens is 1. The van der Waals surface area contributed by atoms with E-state index < -0.39 is 47.3 Å². The maximum atomic E-state index is 13.8. The molecule has 4 atom stereocenters. The van der Waals surface area contributed by atoms with Crippen LogP contribution in [-0.2, 0) is 9.59 Å². The smallest absolute Gasteiger partial charge is 0.240 e. The first-order valence-electron chi connectivity index (χ1n) is 11.6. The molecule has 6 rings (SSSR count). The summed E-state index contributed by atoms with van der Waals surface area (Å²) in [7, 11) is 0. The molecule has 0 unspecified atom stereocenters. The number of carbonyl (C=O) groups excluding carboxylic acids is 4. The van der Waals surface area contributed by atoms with Crippen LogP contribution in [0.1, 0.15) is 44.8 Å². The minimum absolute atomic E-state index is 0.130. The standard InChI is InChI=1S/C28H20FN3O4/c1-15(33)16-8-12-20(13-9-16)31-27(35)22-23(28(31)36)25(26(34)17-6-10-19(29)11-7-17)32-24(22)21-5-3-2-4-18(21)14-30-32/h2-14,22-25H,1H3/t22-,23+,24-,25+/m0/s1. The molecule has 0 aliphatic carbocycles. The Morgan fingerprint density at radius 3 is 2.17 bits per heavy atom. The summed E-state index contributed by atoms with van der Waals surface area (Å²) in [6.07, 6.45) is 1.63. The van der Waals surface area contributed by atoms with Gasteiger partial charge in [-0.3, -0.25) is 24.2 Å². The number of nitrogens with zero attached hydrogens (tertiary/aromatic N) is 3. The van der Waals surface area contributed by atoms with E-state index in [9.17, 15) is 23.6 Å². The average molecular weight is 481 g/mol. The summed E-state index contributed by atoms with van der Waals surface area (Å²) >= 11 is 0. The average Bonchev–Trinajstić information content (AvgIpc) is 3.36. The number of fused-ring (bicyclic) bond motifs is 5. The van der Waals surface area contributed by atoms with Crippen LogP contribution in [0.25, 0.3) is 0 Å². The quantitative estimate of drug-likeness (QED) is 0.418. The molecule has 0 spiro atoms. The Morgan fingerprint density at radius 1 is 0.833 bits per heavy atom. The molecular weight excluding hydrogens is 461 g/mol. The van der Waals surface area contributed by atoms with Crippen LogP contribution in [0.5, 0.6) is 0 Å². The number of ketones is 2. The van der Waals surface area contributed by atoms with E-state index in [2.05, 4.69) is 5.10 Å². The van der Waals surface area contributed by atoms with Crippen LogP contribution in [0.15, 0.2) is 77.9 Å². The van der Waals surface area contributed by atoms with E-state index in [1.807, 2.05) is 24.3 Å². The van der Waals surface area contributed by atoms with E-state index in [0.29, 0.717) is 11.3 Å². The maximum absolute atomic E-state index is 13.8. The van der Waals surface area contributed by atoms with E-state index in [4.69, 9.17) is 0 Å². The lowest BCUT2D eigenvalue weighted by molar-refractivity contribution is -0.124. The monoisotopic (exact) mass is 481 g/mol. The summed E-state index contributed by atoms with van der Waals surface area (Å²) < 4.78 is 13.5. The van der Waals surface area contributed by atoms with Gasteiger partial charge in [0, 0.05) is 11.1 Å². The van der Waals surface area contributed by atoms with Gasteiger partial charge in [-0.05, 0) is 66.6 Å². The van der Waals surface area contributed by atoms with Crippen molar-refractivity contribution in [1.82, 2.24) is 5.01 Å². The lowest BCUT2D eigenvalue weighted by atomic mass is 9.83. The molecule has 3 aliphatic heterocycles. The summed E-state index contributed by atoms with van der Waals surface area (Å²) in [5, 5.41) is 6.08. The van der Waals surface area contributed by atoms with Gasteiger partial charge in [-0.2, -0.15) is 5.10 Å². The van der Waals surface area contributed by atoms with Crippen LogP contribution in [0.4, 0.5) is 10.1 Å². The number of hydrogen-bond donors (Lipinski definition) is 0. The number of benzene rings is 3. The van der Waals surface area contributed by atoms with Gasteiger partial charge in [-0.15, -0.1) is 0 Å². The summed E-state index contributed by atoms with van der Waals surface area (Å²) in [5.41, 5.74) is 2.67. The van der Waals surface area contributed by atoms with E-state index in [0.717, 1.165) is 16.0 Å². The van der Waals surface area contributed by atoms with E-state index in [1.165, 1.54) is 31.2 Å². The first-order chi connectivity index (χ1) is 17.4. The number of Topliss-reactive ketones (excluding diaryl/α,β-unsaturated/α-hetero) is 2. The van der Waals surface area contributed by atoms with Gasteiger partial charge in [0.1, 0.15) is 11.9 Å². The van der Waals surface area contributed by atoms with Gasteiger partial charge in [-0.1, -0.05) is 24.3 Å². The Kier molecular flexibility index (Phi) is 4.93. The Morgan fingerprint density at radius 2 is 1.47 bits per heavy atom. The highest BCUT2D eigenvalue weighted by Gasteiger charge is 2.65. The van der Waals surface area contributed by atoms with Gasteiger partial charge in [0.2, 0.25) is 11.8 Å². The number of imide groups is 1. The van der Waals surface area contributed by atoms with Crippen molar-refractivity contribution >= 4 is 35.3 Å². The fourth-order valence-corrected chi connectivity index (χ4v) is 5.55. The highest BCUT2D eigenvalue weighted by molar-refractivity contribution is 6.24. The number of amides is 2. The van der Waals surface area contributed by atoms with E-state index in [1.54, 1.807) is 35.5 Å². The molecule has 7 nitrogen and oxygen atoms in total. The van der Waals surface area contributed by atoms with Crippen LogP contribution < -0.4 is 4.90 Å². The third kappa shape index (κ3) is 3.14. The molecule has 2 amide bonds. The summed E-state index contributed by atoms with van der Waals surface area (Å²) in [6.45, 7) is 1.44. The van der Waals surface area contributed by atoms with Gasteiger partial charge >= 0.3 is 0 Å². The van der Waals surface area contributed by atoms with Crippen molar-refractivity contribution in [2.75, 3.05) is 4.90 Å². The van der Waals surface area contributed by atoms with Crippen molar-refractivity contribution in [3.05, 3.63) is 101 Å². The Balaban J connectivity index is 1.47. The molecule has 0 aromatic heterocycles. The van der Waals surface area contributed by atoms with Crippen molar-refractivity contribution in [2.24, 2.45) is 16.9 Å². The van der Waals surface area contributed by atoms with Gasteiger partial charge in [0.25, 0.3) is 0 Å². The maximum Gasteiger partial charge on any atom is 0.240 e. The largest absolute Gasteiger partial charge is 0.295 e. The number of carbonyl (C=O) groups is 4. The van der Waals surface area contributed by atoms with Crippen LogP contribution in [0, 0.1) is 17.7 Å². The molecule has 3 aromatic rings. The zero-order valence-corrected chi connectivity index (χ0v) is 19.2. The van der Waals surface area contributed by atoms with Crippen molar-refractivity contribution < 1.29 is 23.6 Å². The second kappa shape index (κ2) is 8.05. The first kappa shape index (κ1) is 22.0. The molecule has 3 heterocycles. The predicted molar refractivity (Wildman–Crippen MR) is 129 cm³/mol. The third-order valence-corrected chi connectivity index (χ3v) is 7.22. The second-order valence-electron chi connectivity index (χ2n) is 9.18. The molecule has 0 radical (unpaired) electrons. The molecule has 178 valence electrons. The molecule has 2 fully saturated rings. The molecule has 8 heteroatoms. The lowest BCUT2D eigenvalue weighted by Crippen LogP contribution is -2.44. The summed E-state index contributed by atoms with van der Waals surface area (Å²) in [6, 6.07) is 17.2. The van der Waals surface area contributed by atoms with Crippen molar-refractivity contribution in [3.8, 4) is 0 Å². The zero-order chi connectivity index (χ0) is 25.1. The van der Waals surface area contributed by atoms with Crippen LogP contribution in [-0.4, -0.2) is 40.6 Å². The predicted octanol–water partition coefficient (Wildman–Crippen LogP) is 3.79. The van der Waals surface area contributed by atoms with Gasteiger partial charge < -0.3 is 0 Å². The zero-order valence-electron chi connectivity index (χ0n) is 19.2. The number of hydrogen-bond acceptors (Lipinski definition) is 6. The van der Waals surface area contributed by atoms with Crippen molar-refractivity contribution in [3.63, 3.8) is 0 Å². The Hall–Kier alpha value is -4.46. The molecule has 0 saturated carbocycles. The third-order valence-electron chi connectivity index (χ3n) is 7.22. The minimum atomic E-state index is -1.03. The Bertz CT molecular complexity index is 1460. The highest BCUT2D eigenvalue weighted by atomic mass is 19.1. The normalized spacial score (nSPS) is 23.9. The van der Waals surface area contributed by atoms with Gasteiger partial charge in [-0.25, -0.2) is 9.29 Å². The van der Waals surface area contributed by atoms with Crippen LogP contribution in [0.2, 0.25) is 0 Å². The number of hydrazone groups is 1. The molecule has 0 bridgehead atoms. The molecule has 0 N–H and O–H groups in total. The number of rotatable bonds is 4. The molecular formula is C28H20FN3O4. The second-order valence-corrected chi connectivity index (χ2v) is 9.18. The molecule has 36 heavy (non-hydrogen) atoms. The fourth-order valence-electron chi connectivity index (χ4n) is 5.55. The fraction of sp³-hybridized carbons (Fsp3) is 0.179. The van der Waals surface area contributed by atoms with E-state index >= 15 is 0 Å². The van der Waals surface area contributed by atoms with Crippen molar-refractivity contribution in [2.45, 2.75) is 19.0 Å². The Labute approximate surface area is 205 Å². The minimum Gasteiger partial charge on any atom is -0.295 e.